The van der Waals surface area contributed by atoms with Crippen LogP contribution >= 0.6 is 28.3 Å². The van der Waals surface area contributed by atoms with Crippen molar-refractivity contribution in [2.75, 3.05) is 6.54 Å². The molecule has 0 amide bonds. The second-order valence-electron chi connectivity index (χ2n) is 5.20. The van der Waals surface area contributed by atoms with Crippen LogP contribution in [-0.4, -0.2) is 26.0 Å². The van der Waals surface area contributed by atoms with Crippen LogP contribution in [0.4, 0.5) is 0 Å². The molecule has 1 aromatic heterocycles. The standard InChI is InChI=1S/C13H20BrN3O2S.ClH/c14-11-6-12(9-16-8-11)20(18,19)17-13(7-15)10-4-2-1-3-5-10;/h6,8-10,13,17H,1-5,7,15H2;1H. The summed E-state index contributed by atoms with van der Waals surface area (Å²) in [4.78, 5) is 4.07. The van der Waals surface area contributed by atoms with Gasteiger partial charge < -0.3 is 5.73 Å². The van der Waals surface area contributed by atoms with Gasteiger partial charge in [-0.05, 0) is 40.8 Å². The molecule has 21 heavy (non-hydrogen) atoms. The third-order valence-electron chi connectivity index (χ3n) is 3.77. The number of rotatable bonds is 5. The Bertz CT molecular complexity index is 550. The Kier molecular flexibility index (Phi) is 7.56. The van der Waals surface area contributed by atoms with Gasteiger partial charge in [0.15, 0.2) is 0 Å². The number of aromatic nitrogens is 1. The number of nitrogens with two attached hydrogens (primary N) is 1. The molecular formula is C13H21BrClN3O2S. The minimum Gasteiger partial charge on any atom is -0.329 e. The van der Waals surface area contributed by atoms with E-state index in [1.54, 1.807) is 12.3 Å². The predicted octanol–water partition coefficient (Wildman–Crippen LogP) is 2.45. The first-order valence-corrected chi connectivity index (χ1v) is 9.13. The van der Waals surface area contributed by atoms with Gasteiger partial charge in [0.2, 0.25) is 10.0 Å². The summed E-state index contributed by atoms with van der Waals surface area (Å²) in [5, 5.41) is 0. The second-order valence-corrected chi connectivity index (χ2v) is 7.83. The van der Waals surface area contributed by atoms with Crippen LogP contribution in [0.2, 0.25) is 0 Å². The predicted molar refractivity (Wildman–Crippen MR) is 88.9 cm³/mol. The number of halogens is 2. The molecule has 1 heterocycles. The Labute approximate surface area is 140 Å². The summed E-state index contributed by atoms with van der Waals surface area (Å²) in [5.74, 6) is 0.337. The maximum absolute atomic E-state index is 12.4. The topological polar surface area (TPSA) is 85.1 Å². The molecule has 0 aliphatic heterocycles. The third-order valence-corrected chi connectivity index (χ3v) is 5.66. The van der Waals surface area contributed by atoms with Crippen molar-refractivity contribution >= 4 is 38.4 Å². The molecule has 8 heteroatoms. The molecule has 0 spiro atoms. The van der Waals surface area contributed by atoms with Gasteiger partial charge in [0.05, 0.1) is 0 Å². The monoisotopic (exact) mass is 397 g/mol. The molecule has 1 unspecified atom stereocenters. The van der Waals surface area contributed by atoms with Crippen LogP contribution in [0.5, 0.6) is 0 Å². The van der Waals surface area contributed by atoms with E-state index in [-0.39, 0.29) is 23.3 Å². The lowest BCUT2D eigenvalue weighted by Crippen LogP contribution is -2.45. The van der Waals surface area contributed by atoms with Gasteiger partial charge in [-0.3, -0.25) is 4.98 Å². The molecule has 3 N–H and O–H groups in total. The van der Waals surface area contributed by atoms with Crippen LogP contribution in [-0.2, 0) is 10.0 Å². The summed E-state index contributed by atoms with van der Waals surface area (Å²) in [7, 11) is -3.57. The summed E-state index contributed by atoms with van der Waals surface area (Å²) in [6, 6.07) is 1.35. The van der Waals surface area contributed by atoms with E-state index in [0.717, 1.165) is 25.7 Å². The summed E-state index contributed by atoms with van der Waals surface area (Å²) < 4.78 is 28.1. The normalized spacial score (nSPS) is 18.0. The molecule has 0 radical (unpaired) electrons. The molecule has 0 saturated heterocycles. The Balaban J connectivity index is 0.00000220. The summed E-state index contributed by atoms with van der Waals surface area (Å²) in [6.07, 6.45) is 8.53. The zero-order valence-corrected chi connectivity index (χ0v) is 14.9. The number of nitrogens with one attached hydrogen (secondary N) is 1. The van der Waals surface area contributed by atoms with E-state index >= 15 is 0 Å². The van der Waals surface area contributed by atoms with Gasteiger partial charge in [-0.2, -0.15) is 0 Å². The molecule has 0 bridgehead atoms. The Morgan fingerprint density at radius 3 is 2.57 bits per heavy atom. The van der Waals surface area contributed by atoms with Crippen molar-refractivity contribution in [2.45, 2.75) is 43.0 Å². The highest BCUT2D eigenvalue weighted by atomic mass is 79.9. The van der Waals surface area contributed by atoms with Crippen LogP contribution in [0, 0.1) is 5.92 Å². The Hall–Kier alpha value is -0.210. The molecule has 0 aromatic carbocycles. The first-order chi connectivity index (χ1) is 9.53. The summed E-state index contributed by atoms with van der Waals surface area (Å²) in [6.45, 7) is 0.325. The fourth-order valence-electron chi connectivity index (χ4n) is 2.68. The van der Waals surface area contributed by atoms with Crippen LogP contribution in [0.25, 0.3) is 0 Å². The van der Waals surface area contributed by atoms with Gasteiger partial charge in [0.1, 0.15) is 4.90 Å². The van der Waals surface area contributed by atoms with Gasteiger partial charge in [0.25, 0.3) is 0 Å². The van der Waals surface area contributed by atoms with E-state index in [1.807, 2.05) is 0 Å². The van der Waals surface area contributed by atoms with E-state index in [1.165, 1.54) is 12.6 Å². The summed E-state index contributed by atoms with van der Waals surface area (Å²) in [5.41, 5.74) is 5.77. The SMILES string of the molecule is Cl.NCC(NS(=O)(=O)c1cncc(Br)c1)C1CCCCC1. The second kappa shape index (κ2) is 8.43. The Morgan fingerprint density at radius 1 is 1.33 bits per heavy atom. The lowest BCUT2D eigenvalue weighted by Gasteiger charge is -2.29. The maximum Gasteiger partial charge on any atom is 0.242 e. The molecule has 1 saturated carbocycles. The van der Waals surface area contributed by atoms with Gasteiger partial charge in [0, 0.05) is 29.5 Å². The highest BCUT2D eigenvalue weighted by molar-refractivity contribution is 9.10. The minimum atomic E-state index is -3.57. The van der Waals surface area contributed by atoms with Crippen LogP contribution < -0.4 is 10.5 Å². The van der Waals surface area contributed by atoms with E-state index in [0.29, 0.717) is 16.9 Å². The number of sulfonamides is 1. The van der Waals surface area contributed by atoms with Crippen molar-refractivity contribution in [2.24, 2.45) is 11.7 Å². The zero-order chi connectivity index (χ0) is 14.6. The van der Waals surface area contributed by atoms with Crippen molar-refractivity contribution in [3.8, 4) is 0 Å². The fourth-order valence-corrected chi connectivity index (χ4v) is 4.50. The van der Waals surface area contributed by atoms with Crippen molar-refractivity contribution in [3.63, 3.8) is 0 Å². The molecule has 120 valence electrons. The molecule has 1 fully saturated rings. The number of hydrogen-bond donors (Lipinski definition) is 2. The van der Waals surface area contributed by atoms with Crippen molar-refractivity contribution in [1.29, 1.82) is 0 Å². The van der Waals surface area contributed by atoms with Gasteiger partial charge in [-0.1, -0.05) is 19.3 Å². The molecule has 1 aromatic rings. The van der Waals surface area contributed by atoms with E-state index < -0.39 is 10.0 Å². The fraction of sp³-hybridized carbons (Fsp3) is 0.615. The lowest BCUT2D eigenvalue weighted by molar-refractivity contribution is 0.294. The van der Waals surface area contributed by atoms with Crippen LogP contribution in [0.15, 0.2) is 27.8 Å². The molecule has 2 rings (SSSR count). The van der Waals surface area contributed by atoms with Gasteiger partial charge >= 0.3 is 0 Å². The molecule has 1 aliphatic rings. The first kappa shape index (κ1) is 18.8. The molecule has 1 atom stereocenters. The van der Waals surface area contributed by atoms with Crippen molar-refractivity contribution in [3.05, 3.63) is 22.9 Å². The summed E-state index contributed by atoms with van der Waals surface area (Å²) >= 11 is 3.24. The smallest absolute Gasteiger partial charge is 0.242 e. The largest absolute Gasteiger partial charge is 0.329 e. The van der Waals surface area contributed by atoms with E-state index in [4.69, 9.17) is 5.73 Å². The molecular weight excluding hydrogens is 378 g/mol. The number of pyridine rings is 1. The quantitative estimate of drug-likeness (QED) is 0.798. The maximum atomic E-state index is 12.4. The highest BCUT2D eigenvalue weighted by Gasteiger charge is 2.27. The molecule has 1 aliphatic carbocycles. The third kappa shape index (κ3) is 5.17. The average Bonchev–Trinajstić information content (AvgIpc) is 2.46. The average molecular weight is 399 g/mol. The number of hydrogen-bond acceptors (Lipinski definition) is 4. The van der Waals surface area contributed by atoms with Gasteiger partial charge in [-0.25, -0.2) is 13.1 Å². The highest BCUT2D eigenvalue weighted by Crippen LogP contribution is 2.27. The molecule has 5 nitrogen and oxygen atoms in total. The van der Waals surface area contributed by atoms with E-state index in [2.05, 4.69) is 25.6 Å². The lowest BCUT2D eigenvalue weighted by atomic mass is 9.84. The zero-order valence-electron chi connectivity index (χ0n) is 11.7. The van der Waals surface area contributed by atoms with E-state index in [9.17, 15) is 8.42 Å². The Morgan fingerprint density at radius 2 is 2.00 bits per heavy atom. The van der Waals surface area contributed by atoms with Crippen molar-refractivity contribution < 1.29 is 8.42 Å². The number of nitrogens with zero attached hydrogens (tertiary/aromatic N) is 1. The van der Waals surface area contributed by atoms with Crippen molar-refractivity contribution in [1.82, 2.24) is 9.71 Å². The van der Waals surface area contributed by atoms with Gasteiger partial charge in [-0.15, -0.1) is 12.4 Å². The van der Waals surface area contributed by atoms with Crippen LogP contribution in [0.3, 0.4) is 0 Å². The van der Waals surface area contributed by atoms with Crippen LogP contribution in [0.1, 0.15) is 32.1 Å². The first-order valence-electron chi connectivity index (χ1n) is 6.86. The minimum absolute atomic E-state index is 0.